The van der Waals surface area contributed by atoms with E-state index in [1.165, 1.54) is 0 Å². The Hall–Kier alpha value is -0.860. The molecule has 1 rings (SSSR count). The van der Waals surface area contributed by atoms with Gasteiger partial charge in [-0.15, -0.1) is 0 Å². The van der Waals surface area contributed by atoms with Gasteiger partial charge in [0.2, 0.25) is 0 Å². The van der Waals surface area contributed by atoms with E-state index in [1.807, 2.05) is 13.8 Å². The Morgan fingerprint density at radius 2 is 2.27 bits per heavy atom. The van der Waals surface area contributed by atoms with Crippen LogP contribution in [0.2, 0.25) is 0 Å². The quantitative estimate of drug-likeness (QED) is 0.656. The molecule has 0 N–H and O–H groups in total. The second kappa shape index (κ2) is 5.29. The molecule has 0 amide bonds. The number of aliphatic imine (C=N–C) groups is 1. The van der Waals surface area contributed by atoms with Gasteiger partial charge in [0.1, 0.15) is 5.41 Å². The molecule has 3 heteroatoms. The molecule has 0 saturated heterocycles. The summed E-state index contributed by atoms with van der Waals surface area (Å²) in [6, 6.07) is 0. The Morgan fingerprint density at radius 1 is 1.53 bits per heavy atom. The molecule has 0 aromatic heterocycles. The van der Waals surface area contributed by atoms with Crippen LogP contribution in [0.3, 0.4) is 0 Å². The van der Waals surface area contributed by atoms with Crippen molar-refractivity contribution in [2.45, 2.75) is 46.5 Å². The minimum Gasteiger partial charge on any atom is -0.465 e. The zero-order valence-corrected chi connectivity index (χ0v) is 10.0. The fourth-order valence-electron chi connectivity index (χ4n) is 2.14. The highest BCUT2D eigenvalue weighted by molar-refractivity contribution is 6.06. The van der Waals surface area contributed by atoms with Gasteiger partial charge in [0.05, 0.1) is 6.61 Å². The molecule has 86 valence electrons. The van der Waals surface area contributed by atoms with Crippen molar-refractivity contribution in [3.05, 3.63) is 0 Å². The first-order valence-corrected chi connectivity index (χ1v) is 5.86. The predicted octanol–water partition coefficient (Wildman–Crippen LogP) is 2.59. The third-order valence-electron chi connectivity index (χ3n) is 2.99. The molecular formula is C12H21NO2. The van der Waals surface area contributed by atoms with Gasteiger partial charge in [0.25, 0.3) is 0 Å². The molecule has 1 aliphatic rings. The molecule has 1 heterocycles. The third-order valence-corrected chi connectivity index (χ3v) is 2.99. The molecular weight excluding hydrogens is 190 g/mol. The maximum Gasteiger partial charge on any atom is 0.317 e. The first-order chi connectivity index (χ1) is 7.15. The minimum atomic E-state index is -0.471. The molecule has 3 nitrogen and oxygen atoms in total. The molecule has 0 saturated carbocycles. The molecule has 0 aromatic carbocycles. The second-order valence-corrected chi connectivity index (χ2v) is 4.23. The average molecular weight is 211 g/mol. The van der Waals surface area contributed by atoms with Gasteiger partial charge >= 0.3 is 5.97 Å². The summed E-state index contributed by atoms with van der Waals surface area (Å²) in [5, 5.41) is 0. The van der Waals surface area contributed by atoms with Crippen LogP contribution >= 0.6 is 0 Å². The van der Waals surface area contributed by atoms with Crippen molar-refractivity contribution in [3.8, 4) is 0 Å². The van der Waals surface area contributed by atoms with Gasteiger partial charge in [-0.05, 0) is 33.1 Å². The summed E-state index contributed by atoms with van der Waals surface area (Å²) < 4.78 is 5.15. The van der Waals surface area contributed by atoms with E-state index in [0.29, 0.717) is 6.61 Å². The van der Waals surface area contributed by atoms with E-state index >= 15 is 0 Å². The topological polar surface area (TPSA) is 38.7 Å². The van der Waals surface area contributed by atoms with E-state index < -0.39 is 5.41 Å². The van der Waals surface area contributed by atoms with E-state index in [-0.39, 0.29) is 5.97 Å². The highest BCUT2D eigenvalue weighted by Crippen LogP contribution is 2.31. The van der Waals surface area contributed by atoms with Crippen molar-refractivity contribution >= 4 is 11.7 Å². The van der Waals surface area contributed by atoms with Gasteiger partial charge in [-0.3, -0.25) is 9.79 Å². The summed E-state index contributed by atoms with van der Waals surface area (Å²) in [5.74, 6) is -0.104. The predicted molar refractivity (Wildman–Crippen MR) is 61.2 cm³/mol. The third kappa shape index (κ3) is 2.58. The first-order valence-electron chi connectivity index (χ1n) is 5.86. The lowest BCUT2D eigenvalue weighted by Gasteiger charge is -2.27. The molecule has 1 unspecified atom stereocenters. The van der Waals surface area contributed by atoms with E-state index in [4.69, 9.17) is 4.74 Å². The summed E-state index contributed by atoms with van der Waals surface area (Å²) in [4.78, 5) is 16.4. The fourth-order valence-corrected chi connectivity index (χ4v) is 2.14. The molecule has 0 bridgehead atoms. The second-order valence-electron chi connectivity index (χ2n) is 4.23. The van der Waals surface area contributed by atoms with Crippen molar-refractivity contribution in [2.75, 3.05) is 13.2 Å². The van der Waals surface area contributed by atoms with Gasteiger partial charge in [-0.25, -0.2) is 0 Å². The molecule has 0 radical (unpaired) electrons. The van der Waals surface area contributed by atoms with Crippen LogP contribution in [-0.2, 0) is 9.53 Å². The van der Waals surface area contributed by atoms with Gasteiger partial charge < -0.3 is 4.74 Å². The zero-order chi connectivity index (χ0) is 11.3. The van der Waals surface area contributed by atoms with E-state index in [9.17, 15) is 4.79 Å². The molecule has 0 aliphatic carbocycles. The van der Waals surface area contributed by atoms with Crippen LogP contribution in [0.15, 0.2) is 4.99 Å². The summed E-state index contributed by atoms with van der Waals surface area (Å²) in [7, 11) is 0. The number of carbonyl (C=O) groups excluding carboxylic acids is 1. The maximum atomic E-state index is 11.9. The molecule has 0 spiro atoms. The molecule has 1 atom stereocenters. The van der Waals surface area contributed by atoms with Crippen molar-refractivity contribution in [3.63, 3.8) is 0 Å². The first kappa shape index (κ1) is 12.2. The lowest BCUT2D eigenvalue weighted by molar-refractivity contribution is -0.150. The van der Waals surface area contributed by atoms with Gasteiger partial charge in [-0.1, -0.05) is 13.3 Å². The van der Waals surface area contributed by atoms with Crippen molar-refractivity contribution < 1.29 is 9.53 Å². The molecule has 1 aliphatic heterocycles. The van der Waals surface area contributed by atoms with E-state index in [2.05, 4.69) is 11.9 Å². The average Bonchev–Trinajstić information content (AvgIpc) is 2.71. The summed E-state index contributed by atoms with van der Waals surface area (Å²) in [6.07, 6.45) is 3.85. The van der Waals surface area contributed by atoms with Crippen LogP contribution in [0.25, 0.3) is 0 Å². The van der Waals surface area contributed by atoms with E-state index in [0.717, 1.165) is 37.9 Å². The molecule has 0 aromatic rings. The number of carbonyl (C=O) groups is 1. The number of rotatable bonds is 5. The highest BCUT2D eigenvalue weighted by Gasteiger charge is 2.39. The lowest BCUT2D eigenvalue weighted by Crippen LogP contribution is -2.37. The largest absolute Gasteiger partial charge is 0.465 e. The number of hydrogen-bond acceptors (Lipinski definition) is 3. The zero-order valence-electron chi connectivity index (χ0n) is 10.0. The van der Waals surface area contributed by atoms with Crippen LogP contribution in [-0.4, -0.2) is 24.8 Å². The highest BCUT2D eigenvalue weighted by atomic mass is 16.5. The van der Waals surface area contributed by atoms with Crippen molar-refractivity contribution in [2.24, 2.45) is 10.4 Å². The van der Waals surface area contributed by atoms with Crippen LogP contribution in [0.5, 0.6) is 0 Å². The summed E-state index contributed by atoms with van der Waals surface area (Å²) >= 11 is 0. The van der Waals surface area contributed by atoms with Gasteiger partial charge in [0.15, 0.2) is 0 Å². The lowest BCUT2D eigenvalue weighted by atomic mass is 9.79. The van der Waals surface area contributed by atoms with E-state index in [1.54, 1.807) is 0 Å². The maximum absolute atomic E-state index is 11.9. The van der Waals surface area contributed by atoms with Crippen LogP contribution in [0.1, 0.15) is 46.5 Å². The Morgan fingerprint density at radius 3 is 2.73 bits per heavy atom. The SMILES string of the molecule is CCCC(C)(C(=O)OCC)C1=NCCC1. The van der Waals surface area contributed by atoms with Crippen LogP contribution in [0, 0.1) is 5.41 Å². The standard InChI is InChI=1S/C12H21NO2/c1-4-8-12(3,11(14)15-5-2)10-7-6-9-13-10/h4-9H2,1-3H3. The normalized spacial score (nSPS) is 19.5. The summed E-state index contributed by atoms with van der Waals surface area (Å²) in [6.45, 7) is 7.23. The smallest absolute Gasteiger partial charge is 0.317 e. The monoisotopic (exact) mass is 211 g/mol. The Bertz CT molecular complexity index is 260. The number of esters is 1. The van der Waals surface area contributed by atoms with Gasteiger partial charge in [-0.2, -0.15) is 0 Å². The van der Waals surface area contributed by atoms with Crippen molar-refractivity contribution in [1.82, 2.24) is 0 Å². The van der Waals surface area contributed by atoms with Crippen LogP contribution < -0.4 is 0 Å². The fraction of sp³-hybridized carbons (Fsp3) is 0.833. The Kier molecular flexibility index (Phi) is 4.30. The molecule has 0 fully saturated rings. The Balaban J connectivity index is 2.81. The Labute approximate surface area is 91.9 Å². The minimum absolute atomic E-state index is 0.104. The molecule has 15 heavy (non-hydrogen) atoms. The number of ether oxygens (including phenoxy) is 1. The van der Waals surface area contributed by atoms with Crippen molar-refractivity contribution in [1.29, 1.82) is 0 Å². The number of nitrogens with zero attached hydrogens (tertiary/aromatic N) is 1. The number of hydrogen-bond donors (Lipinski definition) is 0. The van der Waals surface area contributed by atoms with Gasteiger partial charge in [0, 0.05) is 12.3 Å². The van der Waals surface area contributed by atoms with Crippen LogP contribution in [0.4, 0.5) is 0 Å². The summed E-state index contributed by atoms with van der Waals surface area (Å²) in [5.41, 5.74) is 0.573.